The second kappa shape index (κ2) is 6.05. The third-order valence-electron chi connectivity index (χ3n) is 4.26. The molecule has 1 saturated heterocycles. The lowest BCUT2D eigenvalue weighted by Crippen LogP contribution is -2.42. The summed E-state index contributed by atoms with van der Waals surface area (Å²) in [5.41, 5.74) is 3.16. The van der Waals surface area contributed by atoms with Crippen molar-refractivity contribution in [3.63, 3.8) is 0 Å². The summed E-state index contributed by atoms with van der Waals surface area (Å²) in [7, 11) is 0. The zero-order valence-corrected chi connectivity index (χ0v) is 12.9. The van der Waals surface area contributed by atoms with Gasteiger partial charge in [0.15, 0.2) is 0 Å². The van der Waals surface area contributed by atoms with Gasteiger partial charge in [-0.05, 0) is 35.9 Å². The molecule has 1 aliphatic heterocycles. The van der Waals surface area contributed by atoms with Crippen LogP contribution in [-0.2, 0) is 4.74 Å². The molecule has 24 heavy (non-hydrogen) atoms. The van der Waals surface area contributed by atoms with E-state index >= 15 is 0 Å². The third-order valence-corrected chi connectivity index (χ3v) is 4.26. The van der Waals surface area contributed by atoms with Crippen LogP contribution in [-0.4, -0.2) is 40.5 Å². The van der Waals surface area contributed by atoms with Crippen molar-refractivity contribution < 1.29 is 13.9 Å². The molecule has 2 aromatic carbocycles. The summed E-state index contributed by atoms with van der Waals surface area (Å²) in [5, 5.41) is 0. The number of aromatic amines is 1. The van der Waals surface area contributed by atoms with Crippen LogP contribution in [0.3, 0.4) is 0 Å². The standard InChI is InChI=1S/C18H16FN3O2/c19-14-4-1-12(2-5-14)17-10-22(7-8-24-17)18(23)13-3-6-15-16(9-13)21-11-20-15/h1-6,9,11,17H,7-8,10H2,(H,20,21). The Labute approximate surface area is 138 Å². The number of H-pyrrole nitrogens is 1. The molecule has 1 aliphatic rings. The SMILES string of the molecule is O=C(c1ccc2nc[nH]c2c1)N1CCOC(c2ccc(F)cc2)C1. The normalized spacial score (nSPS) is 18.0. The molecule has 122 valence electrons. The molecule has 1 fully saturated rings. The molecule has 0 radical (unpaired) electrons. The second-order valence-corrected chi connectivity index (χ2v) is 5.80. The number of halogens is 1. The number of morpholine rings is 1. The van der Waals surface area contributed by atoms with E-state index in [0.717, 1.165) is 16.6 Å². The first-order valence-electron chi connectivity index (χ1n) is 7.80. The maximum atomic E-state index is 13.1. The molecule has 0 aliphatic carbocycles. The summed E-state index contributed by atoms with van der Waals surface area (Å²) in [6.07, 6.45) is 1.37. The second-order valence-electron chi connectivity index (χ2n) is 5.80. The first kappa shape index (κ1) is 14.8. The van der Waals surface area contributed by atoms with Crippen LogP contribution in [0.2, 0.25) is 0 Å². The lowest BCUT2D eigenvalue weighted by molar-refractivity contribution is -0.0228. The minimum atomic E-state index is -0.282. The van der Waals surface area contributed by atoms with E-state index in [-0.39, 0.29) is 17.8 Å². The molecule has 3 aromatic rings. The van der Waals surface area contributed by atoms with Gasteiger partial charge in [-0.25, -0.2) is 9.37 Å². The Kier molecular flexibility index (Phi) is 3.74. The fraction of sp³-hybridized carbons (Fsp3) is 0.222. The topological polar surface area (TPSA) is 58.2 Å². The molecule has 0 spiro atoms. The first-order chi connectivity index (χ1) is 11.7. The molecule has 0 saturated carbocycles. The molecule has 1 amide bonds. The average Bonchev–Trinajstić information content (AvgIpc) is 3.09. The van der Waals surface area contributed by atoms with E-state index in [1.165, 1.54) is 12.1 Å². The minimum absolute atomic E-state index is 0.0399. The molecule has 6 heteroatoms. The fourth-order valence-corrected chi connectivity index (χ4v) is 2.96. The fourth-order valence-electron chi connectivity index (χ4n) is 2.96. The van der Waals surface area contributed by atoms with Gasteiger partial charge in [-0.15, -0.1) is 0 Å². The van der Waals surface area contributed by atoms with Gasteiger partial charge in [0.05, 0.1) is 30.5 Å². The molecule has 4 rings (SSSR count). The highest BCUT2D eigenvalue weighted by atomic mass is 19.1. The van der Waals surface area contributed by atoms with Crippen LogP contribution in [0.1, 0.15) is 22.0 Å². The number of nitrogens with zero attached hydrogens (tertiary/aromatic N) is 2. The summed E-state index contributed by atoms with van der Waals surface area (Å²) in [5.74, 6) is -0.322. The largest absolute Gasteiger partial charge is 0.370 e. The Bertz CT molecular complexity index is 875. The Morgan fingerprint density at radius 3 is 2.92 bits per heavy atom. The summed E-state index contributed by atoms with van der Waals surface area (Å²) >= 11 is 0. The zero-order valence-electron chi connectivity index (χ0n) is 12.9. The van der Waals surface area contributed by atoms with Crippen LogP contribution < -0.4 is 0 Å². The predicted molar refractivity (Wildman–Crippen MR) is 87.1 cm³/mol. The molecule has 1 atom stereocenters. The summed E-state index contributed by atoms with van der Waals surface area (Å²) in [6, 6.07) is 11.6. The van der Waals surface area contributed by atoms with Gasteiger partial charge < -0.3 is 14.6 Å². The number of fused-ring (bicyclic) bond motifs is 1. The number of amides is 1. The molecule has 1 aromatic heterocycles. The molecular weight excluding hydrogens is 309 g/mol. The Balaban J connectivity index is 1.54. The van der Waals surface area contributed by atoms with Crippen LogP contribution in [0.5, 0.6) is 0 Å². The van der Waals surface area contributed by atoms with Gasteiger partial charge in [-0.3, -0.25) is 4.79 Å². The van der Waals surface area contributed by atoms with E-state index in [4.69, 9.17) is 4.74 Å². The van der Waals surface area contributed by atoms with Gasteiger partial charge in [0.2, 0.25) is 0 Å². The van der Waals surface area contributed by atoms with E-state index < -0.39 is 0 Å². The highest BCUT2D eigenvalue weighted by Crippen LogP contribution is 2.24. The lowest BCUT2D eigenvalue weighted by atomic mass is 10.1. The van der Waals surface area contributed by atoms with Crippen molar-refractivity contribution >= 4 is 16.9 Å². The lowest BCUT2D eigenvalue weighted by Gasteiger charge is -2.33. The number of carbonyl (C=O) groups excluding carboxylic acids is 1. The number of aromatic nitrogens is 2. The predicted octanol–water partition coefficient (Wildman–Crippen LogP) is 2.92. The molecule has 0 bridgehead atoms. The van der Waals surface area contributed by atoms with Crippen LogP contribution >= 0.6 is 0 Å². The molecule has 5 nitrogen and oxygen atoms in total. The number of benzene rings is 2. The van der Waals surface area contributed by atoms with Crippen molar-refractivity contribution in [1.29, 1.82) is 0 Å². The van der Waals surface area contributed by atoms with Crippen LogP contribution in [0.15, 0.2) is 48.8 Å². The number of rotatable bonds is 2. The number of carbonyl (C=O) groups is 1. The Morgan fingerprint density at radius 2 is 2.08 bits per heavy atom. The molecule has 1 N–H and O–H groups in total. The summed E-state index contributed by atoms with van der Waals surface area (Å²) < 4.78 is 18.8. The zero-order chi connectivity index (χ0) is 16.5. The van der Waals surface area contributed by atoms with Crippen molar-refractivity contribution in [3.8, 4) is 0 Å². The third kappa shape index (κ3) is 2.76. The highest BCUT2D eigenvalue weighted by Gasteiger charge is 2.26. The summed E-state index contributed by atoms with van der Waals surface area (Å²) in [6.45, 7) is 1.45. The van der Waals surface area contributed by atoms with Crippen molar-refractivity contribution in [2.24, 2.45) is 0 Å². The van der Waals surface area contributed by atoms with Crippen molar-refractivity contribution in [2.75, 3.05) is 19.7 Å². The molecule has 1 unspecified atom stereocenters. The number of hydrogen-bond donors (Lipinski definition) is 1. The van der Waals surface area contributed by atoms with Gasteiger partial charge in [0.25, 0.3) is 5.91 Å². The Morgan fingerprint density at radius 1 is 1.25 bits per heavy atom. The van der Waals surface area contributed by atoms with E-state index in [1.54, 1.807) is 29.4 Å². The Hall–Kier alpha value is -2.73. The monoisotopic (exact) mass is 325 g/mol. The minimum Gasteiger partial charge on any atom is -0.370 e. The number of nitrogens with one attached hydrogen (secondary N) is 1. The first-order valence-corrected chi connectivity index (χ1v) is 7.80. The smallest absolute Gasteiger partial charge is 0.254 e. The number of ether oxygens (including phenoxy) is 1. The van der Waals surface area contributed by atoms with Crippen LogP contribution in [0.4, 0.5) is 4.39 Å². The summed E-state index contributed by atoms with van der Waals surface area (Å²) in [4.78, 5) is 21.7. The number of imidazole rings is 1. The van der Waals surface area contributed by atoms with E-state index in [9.17, 15) is 9.18 Å². The van der Waals surface area contributed by atoms with Crippen molar-refractivity contribution in [3.05, 3.63) is 65.7 Å². The maximum absolute atomic E-state index is 13.1. The van der Waals surface area contributed by atoms with Gasteiger partial charge in [-0.2, -0.15) is 0 Å². The highest BCUT2D eigenvalue weighted by molar-refractivity contribution is 5.97. The van der Waals surface area contributed by atoms with Crippen molar-refractivity contribution in [1.82, 2.24) is 14.9 Å². The number of hydrogen-bond acceptors (Lipinski definition) is 3. The molecule has 2 heterocycles. The van der Waals surface area contributed by atoms with Gasteiger partial charge >= 0.3 is 0 Å². The molecular formula is C18H16FN3O2. The van der Waals surface area contributed by atoms with E-state index in [1.807, 2.05) is 12.1 Å². The van der Waals surface area contributed by atoms with E-state index in [0.29, 0.717) is 25.3 Å². The van der Waals surface area contributed by atoms with Crippen LogP contribution in [0, 0.1) is 5.82 Å². The van der Waals surface area contributed by atoms with Gasteiger partial charge in [0, 0.05) is 12.1 Å². The van der Waals surface area contributed by atoms with E-state index in [2.05, 4.69) is 9.97 Å². The average molecular weight is 325 g/mol. The maximum Gasteiger partial charge on any atom is 0.254 e. The quantitative estimate of drug-likeness (QED) is 0.788. The van der Waals surface area contributed by atoms with Crippen LogP contribution in [0.25, 0.3) is 11.0 Å². The van der Waals surface area contributed by atoms with Gasteiger partial charge in [0.1, 0.15) is 11.9 Å². The van der Waals surface area contributed by atoms with Gasteiger partial charge in [-0.1, -0.05) is 12.1 Å². The van der Waals surface area contributed by atoms with Crippen molar-refractivity contribution in [2.45, 2.75) is 6.10 Å².